The molecule has 8 heteroatoms. The Hall–Kier alpha value is -3.60. The van der Waals surface area contributed by atoms with Crippen molar-refractivity contribution in [1.82, 2.24) is 9.97 Å². The van der Waals surface area contributed by atoms with Gasteiger partial charge in [-0.1, -0.05) is 11.8 Å². The molecule has 2 rings (SSSR count). The van der Waals surface area contributed by atoms with Crippen LogP contribution in [0, 0.1) is 11.8 Å². The SMILES string of the molecule is CC(C)(C)OC(=O)Nc1ccncc1C#Cc1cnccc1NC(=O)OC(C)(C)C. The molecule has 0 saturated heterocycles. The van der Waals surface area contributed by atoms with Crippen LogP contribution in [0.5, 0.6) is 0 Å². The molecule has 0 fully saturated rings. The van der Waals surface area contributed by atoms with Crippen LogP contribution in [0.3, 0.4) is 0 Å². The van der Waals surface area contributed by atoms with Crippen molar-refractivity contribution in [3.05, 3.63) is 48.0 Å². The van der Waals surface area contributed by atoms with Crippen LogP contribution in [0.2, 0.25) is 0 Å². The summed E-state index contributed by atoms with van der Waals surface area (Å²) in [4.78, 5) is 32.2. The van der Waals surface area contributed by atoms with Crippen molar-refractivity contribution in [2.75, 3.05) is 10.6 Å². The topological polar surface area (TPSA) is 102 Å². The van der Waals surface area contributed by atoms with Crippen LogP contribution >= 0.6 is 0 Å². The van der Waals surface area contributed by atoms with Gasteiger partial charge in [0, 0.05) is 24.8 Å². The van der Waals surface area contributed by atoms with Gasteiger partial charge in [0.15, 0.2) is 0 Å². The van der Waals surface area contributed by atoms with E-state index < -0.39 is 23.4 Å². The zero-order chi connectivity index (χ0) is 22.4. The van der Waals surface area contributed by atoms with Crippen LogP contribution in [0.1, 0.15) is 52.7 Å². The Balaban J connectivity index is 2.23. The van der Waals surface area contributed by atoms with E-state index in [-0.39, 0.29) is 0 Å². The molecule has 2 amide bonds. The van der Waals surface area contributed by atoms with E-state index in [1.807, 2.05) is 0 Å². The fourth-order valence-electron chi connectivity index (χ4n) is 2.17. The van der Waals surface area contributed by atoms with Crippen LogP contribution in [-0.2, 0) is 9.47 Å². The predicted molar refractivity (Wildman–Crippen MR) is 114 cm³/mol. The predicted octanol–water partition coefficient (Wildman–Crippen LogP) is 4.57. The summed E-state index contributed by atoms with van der Waals surface area (Å²) in [5, 5.41) is 5.33. The Morgan fingerprint density at radius 1 is 0.767 bits per heavy atom. The lowest BCUT2D eigenvalue weighted by Gasteiger charge is -2.20. The molecule has 158 valence electrons. The molecule has 0 spiro atoms. The zero-order valence-electron chi connectivity index (χ0n) is 18.0. The maximum atomic E-state index is 12.1. The van der Waals surface area contributed by atoms with E-state index in [1.54, 1.807) is 53.7 Å². The van der Waals surface area contributed by atoms with Crippen molar-refractivity contribution in [1.29, 1.82) is 0 Å². The fourth-order valence-corrected chi connectivity index (χ4v) is 2.17. The number of carbonyl (C=O) groups is 2. The first-order chi connectivity index (χ1) is 13.9. The van der Waals surface area contributed by atoms with Gasteiger partial charge in [-0.3, -0.25) is 20.6 Å². The highest BCUT2D eigenvalue weighted by atomic mass is 16.6. The number of nitrogens with one attached hydrogen (secondary N) is 2. The van der Waals surface area contributed by atoms with Gasteiger partial charge in [-0.05, 0) is 53.7 Å². The van der Waals surface area contributed by atoms with Crippen LogP contribution in [0.15, 0.2) is 36.9 Å². The monoisotopic (exact) mass is 410 g/mol. The molecule has 30 heavy (non-hydrogen) atoms. The molecule has 2 N–H and O–H groups in total. The summed E-state index contributed by atoms with van der Waals surface area (Å²) in [5.74, 6) is 5.89. The number of rotatable bonds is 2. The molecule has 0 saturated carbocycles. The van der Waals surface area contributed by atoms with Crippen LogP contribution in [0.25, 0.3) is 0 Å². The Kier molecular flexibility index (Phi) is 7.01. The Morgan fingerprint density at radius 2 is 1.13 bits per heavy atom. The molecule has 0 aliphatic carbocycles. The van der Waals surface area contributed by atoms with Crippen LogP contribution < -0.4 is 10.6 Å². The average molecular weight is 410 g/mol. The number of anilines is 2. The number of nitrogens with zero attached hydrogens (tertiary/aromatic N) is 2. The highest BCUT2D eigenvalue weighted by molar-refractivity contribution is 5.88. The Labute approximate surface area is 176 Å². The van der Waals surface area contributed by atoms with Crippen LogP contribution in [0.4, 0.5) is 21.0 Å². The molecule has 2 heterocycles. The summed E-state index contributed by atoms with van der Waals surface area (Å²) < 4.78 is 10.5. The minimum absolute atomic E-state index is 0.456. The van der Waals surface area contributed by atoms with Crippen LogP contribution in [-0.4, -0.2) is 33.4 Å². The van der Waals surface area contributed by atoms with E-state index in [0.29, 0.717) is 22.5 Å². The summed E-state index contributed by atoms with van der Waals surface area (Å²) in [7, 11) is 0. The summed E-state index contributed by atoms with van der Waals surface area (Å²) in [5.41, 5.74) is 0.627. The molecular formula is C22H26N4O4. The lowest BCUT2D eigenvalue weighted by atomic mass is 10.2. The minimum Gasteiger partial charge on any atom is -0.444 e. The van der Waals surface area contributed by atoms with Crippen molar-refractivity contribution >= 4 is 23.6 Å². The van der Waals surface area contributed by atoms with Crippen molar-refractivity contribution in [3.63, 3.8) is 0 Å². The average Bonchev–Trinajstić information content (AvgIpc) is 2.58. The number of hydrogen-bond donors (Lipinski definition) is 2. The molecule has 0 bridgehead atoms. The molecular weight excluding hydrogens is 384 g/mol. The Bertz CT molecular complexity index is 901. The van der Waals surface area contributed by atoms with Gasteiger partial charge in [-0.25, -0.2) is 9.59 Å². The number of amides is 2. The highest BCUT2D eigenvalue weighted by Gasteiger charge is 2.18. The van der Waals surface area contributed by atoms with E-state index in [4.69, 9.17) is 9.47 Å². The standard InChI is InChI=1S/C22H26N4O4/c1-21(2,3)29-19(27)25-17-9-11-23-13-15(17)7-8-16-14-24-12-10-18(16)26-20(28)30-22(4,5)6/h9-14H,1-6H3,(H,23,25,27)(H,24,26,28). The lowest BCUT2D eigenvalue weighted by molar-refractivity contribution is 0.0624. The van der Waals surface area contributed by atoms with E-state index >= 15 is 0 Å². The van der Waals surface area contributed by atoms with E-state index in [0.717, 1.165) is 0 Å². The molecule has 0 aliphatic rings. The van der Waals surface area contributed by atoms with Gasteiger partial charge < -0.3 is 9.47 Å². The smallest absolute Gasteiger partial charge is 0.412 e. The van der Waals surface area contributed by atoms with E-state index in [9.17, 15) is 9.59 Å². The molecule has 0 radical (unpaired) electrons. The normalized spacial score (nSPS) is 11.0. The van der Waals surface area contributed by atoms with Gasteiger partial charge in [-0.2, -0.15) is 0 Å². The van der Waals surface area contributed by atoms with Crippen molar-refractivity contribution in [3.8, 4) is 11.8 Å². The second-order valence-corrected chi connectivity index (χ2v) is 8.35. The zero-order valence-corrected chi connectivity index (χ0v) is 18.0. The Morgan fingerprint density at radius 3 is 1.47 bits per heavy atom. The van der Waals surface area contributed by atoms with Crippen molar-refractivity contribution in [2.45, 2.75) is 52.7 Å². The molecule has 0 aliphatic heterocycles. The van der Waals surface area contributed by atoms with Gasteiger partial charge in [0.1, 0.15) is 11.2 Å². The minimum atomic E-state index is -0.624. The van der Waals surface area contributed by atoms with Gasteiger partial charge in [0.25, 0.3) is 0 Å². The molecule has 2 aromatic heterocycles. The quantitative estimate of drug-likeness (QED) is 0.703. The number of ether oxygens (including phenoxy) is 2. The van der Waals surface area contributed by atoms with Crippen molar-refractivity contribution < 1.29 is 19.1 Å². The fraction of sp³-hybridized carbons (Fsp3) is 0.364. The second-order valence-electron chi connectivity index (χ2n) is 8.35. The first kappa shape index (κ1) is 22.7. The summed E-state index contributed by atoms with van der Waals surface area (Å²) in [6, 6.07) is 3.24. The maximum Gasteiger partial charge on any atom is 0.412 e. The molecule has 2 aromatic rings. The number of pyridine rings is 2. The second kappa shape index (κ2) is 9.27. The van der Waals surface area contributed by atoms with Gasteiger partial charge in [0.05, 0.1) is 22.5 Å². The molecule has 0 atom stereocenters. The van der Waals surface area contributed by atoms with Gasteiger partial charge in [-0.15, -0.1) is 0 Å². The number of carbonyl (C=O) groups excluding carboxylic acids is 2. The first-order valence-electron chi connectivity index (χ1n) is 9.33. The van der Waals surface area contributed by atoms with E-state index in [1.165, 1.54) is 24.8 Å². The van der Waals surface area contributed by atoms with Gasteiger partial charge in [0.2, 0.25) is 0 Å². The summed E-state index contributed by atoms with van der Waals surface area (Å²) >= 11 is 0. The molecule has 8 nitrogen and oxygen atoms in total. The van der Waals surface area contributed by atoms with Crippen molar-refractivity contribution in [2.24, 2.45) is 0 Å². The third-order valence-corrected chi connectivity index (χ3v) is 3.25. The van der Waals surface area contributed by atoms with Gasteiger partial charge >= 0.3 is 12.2 Å². The highest BCUT2D eigenvalue weighted by Crippen LogP contribution is 2.17. The maximum absolute atomic E-state index is 12.1. The molecule has 0 unspecified atom stereocenters. The summed E-state index contributed by atoms with van der Waals surface area (Å²) in [6.07, 6.45) is 4.94. The number of hydrogen-bond acceptors (Lipinski definition) is 6. The van der Waals surface area contributed by atoms with E-state index in [2.05, 4.69) is 32.4 Å². The summed E-state index contributed by atoms with van der Waals surface area (Å²) in [6.45, 7) is 10.7. The molecule has 0 aromatic carbocycles. The third-order valence-electron chi connectivity index (χ3n) is 3.25. The lowest BCUT2D eigenvalue weighted by Crippen LogP contribution is -2.27. The largest absolute Gasteiger partial charge is 0.444 e. The first-order valence-corrected chi connectivity index (χ1v) is 9.33. The third kappa shape index (κ3) is 7.80. The number of aromatic nitrogens is 2.